The molecule has 0 atom stereocenters. The summed E-state index contributed by atoms with van der Waals surface area (Å²) < 4.78 is 0. The van der Waals surface area contributed by atoms with E-state index in [9.17, 15) is 0 Å². The number of aryl methyl sites for hydroxylation is 1. The molecule has 0 saturated carbocycles. The van der Waals surface area contributed by atoms with E-state index >= 15 is 0 Å². The topological polar surface area (TPSA) is 53.9 Å². The van der Waals surface area contributed by atoms with Gasteiger partial charge >= 0.3 is 0 Å². The Morgan fingerprint density at radius 3 is 2.64 bits per heavy atom. The van der Waals surface area contributed by atoms with Gasteiger partial charge in [0.2, 0.25) is 5.95 Å². The van der Waals surface area contributed by atoms with Crippen LogP contribution in [0.2, 0.25) is 5.02 Å². The maximum absolute atomic E-state index is 6.20. The number of benzene rings is 2. The van der Waals surface area contributed by atoms with Crippen LogP contribution >= 0.6 is 11.6 Å². The van der Waals surface area contributed by atoms with Crippen LogP contribution in [-0.4, -0.2) is 28.3 Å². The van der Waals surface area contributed by atoms with E-state index in [-0.39, 0.29) is 0 Å². The van der Waals surface area contributed by atoms with Crippen molar-refractivity contribution in [2.24, 2.45) is 5.92 Å². The smallest absolute Gasteiger partial charge is 0.249 e. The van der Waals surface area contributed by atoms with Gasteiger partial charge in [0.05, 0.1) is 6.20 Å². The second kappa shape index (κ2) is 8.57. The summed E-state index contributed by atoms with van der Waals surface area (Å²) in [7, 11) is 0. The number of halogens is 1. The summed E-state index contributed by atoms with van der Waals surface area (Å²) in [5.41, 5.74) is 3.32. The quantitative estimate of drug-likeness (QED) is 0.658. The zero-order valence-electron chi connectivity index (χ0n) is 16.0. The minimum absolute atomic E-state index is 0.490. The first-order chi connectivity index (χ1) is 13.7. The predicted octanol–water partition coefficient (Wildman–Crippen LogP) is 5.04. The van der Waals surface area contributed by atoms with Crippen molar-refractivity contribution in [3.63, 3.8) is 0 Å². The molecule has 3 aromatic rings. The van der Waals surface area contributed by atoms with Crippen LogP contribution in [0.25, 0.3) is 0 Å². The van der Waals surface area contributed by atoms with Crippen molar-refractivity contribution in [1.82, 2.24) is 15.2 Å². The van der Waals surface area contributed by atoms with E-state index in [1.54, 1.807) is 6.20 Å². The van der Waals surface area contributed by atoms with Crippen molar-refractivity contribution >= 4 is 29.1 Å². The highest BCUT2D eigenvalue weighted by molar-refractivity contribution is 6.31. The molecule has 144 valence electrons. The van der Waals surface area contributed by atoms with Crippen molar-refractivity contribution in [2.75, 3.05) is 23.3 Å². The molecule has 1 aliphatic rings. The second-order valence-corrected chi connectivity index (χ2v) is 7.75. The first-order valence-electron chi connectivity index (χ1n) is 9.69. The fourth-order valence-corrected chi connectivity index (χ4v) is 3.79. The van der Waals surface area contributed by atoms with Gasteiger partial charge in [-0.2, -0.15) is 10.1 Å². The van der Waals surface area contributed by atoms with Crippen LogP contribution in [0.1, 0.15) is 24.0 Å². The lowest BCUT2D eigenvalue weighted by Gasteiger charge is -2.32. The third-order valence-corrected chi connectivity index (χ3v) is 5.69. The number of piperidine rings is 1. The van der Waals surface area contributed by atoms with E-state index in [0.717, 1.165) is 60.4 Å². The summed E-state index contributed by atoms with van der Waals surface area (Å²) in [6.07, 6.45) is 5.22. The number of hydrogen-bond acceptors (Lipinski definition) is 5. The molecule has 0 spiro atoms. The van der Waals surface area contributed by atoms with Gasteiger partial charge in [0.15, 0.2) is 5.82 Å². The summed E-state index contributed by atoms with van der Waals surface area (Å²) in [5.74, 6) is 2.08. The van der Waals surface area contributed by atoms with Crippen LogP contribution < -0.4 is 10.2 Å². The molecule has 0 unspecified atom stereocenters. The molecule has 28 heavy (non-hydrogen) atoms. The number of anilines is 3. The first-order valence-corrected chi connectivity index (χ1v) is 10.1. The number of aromatic nitrogens is 3. The molecule has 5 nitrogen and oxygen atoms in total. The van der Waals surface area contributed by atoms with E-state index in [1.807, 2.05) is 25.1 Å². The third kappa shape index (κ3) is 4.60. The average molecular weight is 394 g/mol. The van der Waals surface area contributed by atoms with Crippen molar-refractivity contribution in [1.29, 1.82) is 0 Å². The zero-order chi connectivity index (χ0) is 19.3. The Balaban J connectivity index is 1.37. The minimum Gasteiger partial charge on any atom is -0.355 e. The summed E-state index contributed by atoms with van der Waals surface area (Å²) in [6, 6.07) is 16.6. The monoisotopic (exact) mass is 393 g/mol. The maximum atomic E-state index is 6.20. The second-order valence-electron chi connectivity index (χ2n) is 7.35. The Kier molecular flexibility index (Phi) is 5.72. The van der Waals surface area contributed by atoms with E-state index < -0.39 is 0 Å². The Hall–Kier alpha value is -2.66. The van der Waals surface area contributed by atoms with Crippen molar-refractivity contribution in [2.45, 2.75) is 26.2 Å². The highest BCUT2D eigenvalue weighted by Gasteiger charge is 2.21. The summed E-state index contributed by atoms with van der Waals surface area (Å²) in [5, 5.41) is 12.2. The molecule has 1 aliphatic heterocycles. The zero-order valence-corrected chi connectivity index (χ0v) is 16.7. The van der Waals surface area contributed by atoms with Crippen molar-refractivity contribution in [3.05, 3.63) is 70.9 Å². The van der Waals surface area contributed by atoms with E-state index in [0.29, 0.717) is 5.95 Å². The molecule has 0 aliphatic carbocycles. The van der Waals surface area contributed by atoms with Crippen LogP contribution in [0.15, 0.2) is 54.7 Å². The molecule has 1 saturated heterocycles. The molecule has 0 radical (unpaired) electrons. The normalized spacial score (nSPS) is 14.9. The van der Waals surface area contributed by atoms with Gasteiger partial charge in [0.25, 0.3) is 0 Å². The van der Waals surface area contributed by atoms with Gasteiger partial charge in [-0.25, -0.2) is 0 Å². The molecule has 1 N–H and O–H groups in total. The summed E-state index contributed by atoms with van der Waals surface area (Å²) >= 11 is 6.20. The largest absolute Gasteiger partial charge is 0.355 e. The molecule has 0 amide bonds. The molecular weight excluding hydrogens is 370 g/mol. The van der Waals surface area contributed by atoms with Gasteiger partial charge < -0.3 is 10.2 Å². The minimum atomic E-state index is 0.490. The molecule has 1 fully saturated rings. The van der Waals surface area contributed by atoms with Gasteiger partial charge in [-0.05, 0) is 55.4 Å². The Bertz CT molecular complexity index is 923. The SMILES string of the molecule is Cc1ccc(Nc2nncc(N3CCC(Cc4ccccc4)CC3)n2)cc1Cl. The van der Waals surface area contributed by atoms with Crippen LogP contribution in [0.3, 0.4) is 0 Å². The van der Waals surface area contributed by atoms with Crippen molar-refractivity contribution < 1.29 is 0 Å². The van der Waals surface area contributed by atoms with Gasteiger partial charge in [0, 0.05) is 23.8 Å². The van der Waals surface area contributed by atoms with Gasteiger partial charge in [-0.1, -0.05) is 48.0 Å². The lowest BCUT2D eigenvalue weighted by molar-refractivity contribution is 0.402. The lowest BCUT2D eigenvalue weighted by Crippen LogP contribution is -2.35. The standard InChI is InChI=1S/C22H24ClN5/c1-16-7-8-19(14-20(16)23)25-22-26-21(15-24-27-22)28-11-9-18(10-12-28)13-17-5-3-2-4-6-17/h2-8,14-15,18H,9-13H2,1H3,(H,25,26,27). The van der Waals surface area contributed by atoms with Crippen LogP contribution in [0.4, 0.5) is 17.5 Å². The van der Waals surface area contributed by atoms with E-state index in [1.165, 1.54) is 5.56 Å². The van der Waals surface area contributed by atoms with Crippen LogP contribution in [-0.2, 0) is 6.42 Å². The lowest BCUT2D eigenvalue weighted by atomic mass is 9.90. The van der Waals surface area contributed by atoms with Gasteiger partial charge in [-0.15, -0.1) is 5.10 Å². The molecule has 6 heteroatoms. The first kappa shape index (κ1) is 18.7. The predicted molar refractivity (Wildman–Crippen MR) is 114 cm³/mol. The van der Waals surface area contributed by atoms with Crippen LogP contribution in [0, 0.1) is 12.8 Å². The maximum Gasteiger partial charge on any atom is 0.249 e. The molecular formula is C22H24ClN5. The molecule has 4 rings (SSSR count). The average Bonchev–Trinajstić information content (AvgIpc) is 2.72. The Labute approximate surface area is 170 Å². The van der Waals surface area contributed by atoms with Crippen LogP contribution in [0.5, 0.6) is 0 Å². The van der Waals surface area contributed by atoms with Crippen molar-refractivity contribution in [3.8, 4) is 0 Å². The van der Waals surface area contributed by atoms with Gasteiger partial charge in [0.1, 0.15) is 0 Å². The molecule has 2 aromatic carbocycles. The summed E-state index contributed by atoms with van der Waals surface area (Å²) in [6.45, 7) is 3.96. The Morgan fingerprint density at radius 2 is 1.89 bits per heavy atom. The van der Waals surface area contributed by atoms with E-state index in [4.69, 9.17) is 11.6 Å². The summed E-state index contributed by atoms with van der Waals surface area (Å²) in [4.78, 5) is 6.95. The number of nitrogens with one attached hydrogen (secondary N) is 1. The fraction of sp³-hybridized carbons (Fsp3) is 0.318. The fourth-order valence-electron chi connectivity index (χ4n) is 3.61. The third-order valence-electron chi connectivity index (χ3n) is 5.28. The van der Waals surface area contributed by atoms with Gasteiger partial charge in [-0.3, -0.25) is 0 Å². The molecule has 1 aromatic heterocycles. The molecule has 0 bridgehead atoms. The Morgan fingerprint density at radius 1 is 1.11 bits per heavy atom. The number of hydrogen-bond donors (Lipinski definition) is 1. The highest BCUT2D eigenvalue weighted by Crippen LogP contribution is 2.26. The number of nitrogens with zero attached hydrogens (tertiary/aromatic N) is 4. The number of rotatable bonds is 5. The van der Waals surface area contributed by atoms with E-state index in [2.05, 4.69) is 55.7 Å². The molecule has 2 heterocycles. The highest BCUT2D eigenvalue weighted by atomic mass is 35.5.